The average Bonchev–Trinajstić information content (AvgIpc) is 2.04. The van der Waals surface area contributed by atoms with Crippen molar-refractivity contribution in [1.82, 2.24) is 0 Å². The van der Waals surface area contributed by atoms with Crippen LogP contribution >= 0.6 is 15.9 Å². The maximum absolute atomic E-state index is 3.55. The summed E-state index contributed by atoms with van der Waals surface area (Å²) in [5, 5.41) is 2.62. The average molecular weight is 222 g/mol. The molecule has 0 aliphatic heterocycles. The quantitative estimate of drug-likeness (QED) is 0.593. The van der Waals surface area contributed by atoms with E-state index in [1.54, 1.807) is 0 Å². The first-order chi connectivity index (χ1) is 5.79. The molecule has 0 saturated carbocycles. The van der Waals surface area contributed by atoms with Gasteiger partial charge in [0.15, 0.2) is 0 Å². The molecule has 0 aromatic heterocycles. The Kier molecular flexibility index (Phi) is 1.89. The van der Waals surface area contributed by atoms with Crippen LogP contribution in [0.1, 0.15) is 5.56 Å². The van der Waals surface area contributed by atoms with E-state index in [0.29, 0.717) is 0 Å². The second-order valence-corrected chi connectivity index (χ2v) is 3.77. The second-order valence-electron chi connectivity index (χ2n) is 2.91. The number of fused-ring (bicyclic) bond motifs is 1. The van der Waals surface area contributed by atoms with Crippen molar-refractivity contribution in [1.29, 1.82) is 0 Å². The lowest BCUT2D eigenvalue weighted by Crippen LogP contribution is -1.78. The summed E-state index contributed by atoms with van der Waals surface area (Å²) < 4.78 is 1.18. The van der Waals surface area contributed by atoms with Gasteiger partial charge in [-0.2, -0.15) is 0 Å². The van der Waals surface area contributed by atoms with E-state index in [-0.39, 0.29) is 0 Å². The Labute approximate surface area is 80.3 Å². The first-order valence-electron chi connectivity index (χ1n) is 3.93. The van der Waals surface area contributed by atoms with Crippen molar-refractivity contribution in [2.24, 2.45) is 0 Å². The Morgan fingerprint density at radius 1 is 1.00 bits per heavy atom. The molecule has 12 heavy (non-hydrogen) atoms. The zero-order chi connectivity index (χ0) is 8.55. The van der Waals surface area contributed by atoms with Crippen LogP contribution in [0.5, 0.6) is 0 Å². The third-order valence-corrected chi connectivity index (χ3v) is 2.72. The number of aryl methyl sites for hydroxylation is 1. The fourth-order valence-corrected chi connectivity index (χ4v) is 2.17. The van der Waals surface area contributed by atoms with Crippen LogP contribution < -0.4 is 0 Å². The maximum Gasteiger partial charge on any atom is 0.0256 e. The van der Waals surface area contributed by atoms with E-state index < -0.39 is 0 Å². The van der Waals surface area contributed by atoms with Gasteiger partial charge in [0, 0.05) is 4.47 Å². The molecule has 0 nitrogen and oxygen atoms in total. The highest BCUT2D eigenvalue weighted by Gasteiger charge is 1.98. The molecule has 0 heterocycles. The zero-order valence-electron chi connectivity index (χ0n) is 6.84. The van der Waals surface area contributed by atoms with Crippen molar-refractivity contribution >= 4 is 26.7 Å². The van der Waals surface area contributed by atoms with Crippen LogP contribution in [0.2, 0.25) is 0 Å². The maximum atomic E-state index is 3.55. The molecule has 0 fully saturated rings. The molecule has 0 aliphatic rings. The van der Waals surface area contributed by atoms with Gasteiger partial charge in [0.1, 0.15) is 0 Å². The van der Waals surface area contributed by atoms with Gasteiger partial charge < -0.3 is 0 Å². The molecule has 0 N–H and O–H groups in total. The number of rotatable bonds is 0. The molecule has 0 saturated heterocycles. The molecule has 0 bridgehead atoms. The van der Waals surface area contributed by atoms with Gasteiger partial charge in [-0.1, -0.05) is 46.3 Å². The van der Waals surface area contributed by atoms with Gasteiger partial charge >= 0.3 is 0 Å². The number of hydrogen-bond acceptors (Lipinski definition) is 0. The highest BCUT2D eigenvalue weighted by atomic mass is 79.9. The van der Waals surface area contributed by atoms with E-state index in [1.165, 1.54) is 20.8 Å². The van der Waals surface area contributed by atoms with Crippen molar-refractivity contribution in [3.05, 3.63) is 46.4 Å². The normalized spacial score (nSPS) is 10.5. The topological polar surface area (TPSA) is 0 Å². The molecule has 2 aromatic carbocycles. The predicted octanol–water partition coefficient (Wildman–Crippen LogP) is 3.91. The van der Waals surface area contributed by atoms with Crippen LogP contribution in [-0.2, 0) is 0 Å². The third-order valence-electron chi connectivity index (χ3n) is 2.06. The minimum atomic E-state index is 1.18. The lowest BCUT2D eigenvalue weighted by molar-refractivity contribution is 1.52. The Hall–Kier alpha value is -0.820. The summed E-state index contributed by atoms with van der Waals surface area (Å²) in [7, 11) is 0. The first kappa shape index (κ1) is 7.81. The Morgan fingerprint density at radius 3 is 2.33 bits per heavy atom. The number of hydrogen-bond donors (Lipinski definition) is 0. The molecule has 60 valence electrons. The summed E-state index contributed by atoms with van der Waals surface area (Å²) in [4.78, 5) is 0. The summed E-state index contributed by atoms with van der Waals surface area (Å²) in [5.41, 5.74) is 1.32. The van der Waals surface area contributed by atoms with Gasteiger partial charge in [-0.15, -0.1) is 0 Å². The number of halogens is 1. The van der Waals surface area contributed by atoms with Crippen LogP contribution in [0, 0.1) is 6.92 Å². The molecule has 0 unspecified atom stereocenters. The van der Waals surface area contributed by atoms with Gasteiger partial charge in [0.05, 0.1) is 0 Å². The highest BCUT2D eigenvalue weighted by Crippen LogP contribution is 2.26. The lowest BCUT2D eigenvalue weighted by atomic mass is 10.1. The van der Waals surface area contributed by atoms with Gasteiger partial charge in [-0.25, -0.2) is 0 Å². The minimum absolute atomic E-state index is 1.18. The van der Waals surface area contributed by atoms with Crippen molar-refractivity contribution in [3.8, 4) is 0 Å². The molecule has 0 aliphatic carbocycles. The van der Waals surface area contributed by atoms with Crippen LogP contribution in [0.3, 0.4) is 0 Å². The summed E-state index contributed by atoms with van der Waals surface area (Å²) in [5.74, 6) is 0. The fourth-order valence-electron chi connectivity index (χ4n) is 1.48. The molecule has 0 spiro atoms. The SMILES string of the molecule is [13CH3]c1cccc2cccc(Br)c12. The summed E-state index contributed by atoms with van der Waals surface area (Å²) in [6.45, 7) is 2.13. The van der Waals surface area contributed by atoms with Crippen LogP contribution in [-0.4, -0.2) is 0 Å². The van der Waals surface area contributed by atoms with Crippen LogP contribution in [0.25, 0.3) is 10.8 Å². The van der Waals surface area contributed by atoms with Crippen molar-refractivity contribution < 1.29 is 0 Å². The van der Waals surface area contributed by atoms with Crippen molar-refractivity contribution in [2.75, 3.05) is 0 Å². The van der Waals surface area contributed by atoms with Crippen LogP contribution in [0.4, 0.5) is 0 Å². The molecule has 0 amide bonds. The molecule has 2 rings (SSSR count). The Bertz CT molecular complexity index is 382. The largest absolute Gasteiger partial charge is 0.0614 e. The van der Waals surface area contributed by atoms with Crippen molar-refractivity contribution in [2.45, 2.75) is 6.92 Å². The second kappa shape index (κ2) is 2.91. The molecular formula is C11H9Br. The third kappa shape index (κ3) is 1.14. The van der Waals surface area contributed by atoms with Gasteiger partial charge in [-0.3, -0.25) is 0 Å². The predicted molar refractivity (Wildman–Crippen MR) is 56.4 cm³/mol. The number of benzene rings is 2. The monoisotopic (exact) mass is 221 g/mol. The van der Waals surface area contributed by atoms with E-state index >= 15 is 0 Å². The lowest BCUT2D eigenvalue weighted by Gasteiger charge is -2.02. The summed E-state index contributed by atoms with van der Waals surface area (Å²) in [6.07, 6.45) is 0. The minimum Gasteiger partial charge on any atom is -0.0614 e. The fraction of sp³-hybridized carbons (Fsp3) is 0.0909. The molecule has 0 radical (unpaired) electrons. The first-order valence-corrected chi connectivity index (χ1v) is 4.72. The molecule has 2 aromatic rings. The van der Waals surface area contributed by atoms with E-state index in [2.05, 4.69) is 59.3 Å². The van der Waals surface area contributed by atoms with E-state index in [9.17, 15) is 0 Å². The van der Waals surface area contributed by atoms with Gasteiger partial charge in [-0.05, 0) is 29.3 Å². The molecular weight excluding hydrogens is 213 g/mol. The van der Waals surface area contributed by atoms with E-state index in [1.807, 2.05) is 0 Å². The van der Waals surface area contributed by atoms with Gasteiger partial charge in [0.25, 0.3) is 0 Å². The zero-order valence-corrected chi connectivity index (χ0v) is 8.43. The smallest absolute Gasteiger partial charge is 0.0256 e. The van der Waals surface area contributed by atoms with E-state index in [4.69, 9.17) is 0 Å². The van der Waals surface area contributed by atoms with Crippen LogP contribution in [0.15, 0.2) is 40.9 Å². The van der Waals surface area contributed by atoms with Crippen molar-refractivity contribution in [3.63, 3.8) is 0 Å². The Morgan fingerprint density at radius 2 is 1.67 bits per heavy atom. The molecule has 0 atom stereocenters. The molecule has 1 heteroatoms. The summed E-state index contributed by atoms with van der Waals surface area (Å²) >= 11 is 3.55. The van der Waals surface area contributed by atoms with E-state index in [0.717, 1.165) is 0 Å². The van der Waals surface area contributed by atoms with Gasteiger partial charge in [0.2, 0.25) is 0 Å². The standard InChI is InChI=1S/C11H9Br/c1-8-4-2-5-9-6-3-7-10(12)11(8)9/h2-7H,1H3/i1+1. The highest BCUT2D eigenvalue weighted by molar-refractivity contribution is 9.10. The Balaban J connectivity index is 2.96. The summed E-state index contributed by atoms with van der Waals surface area (Å²) in [6, 6.07) is 12.6.